The Balaban J connectivity index is 2.16. The average Bonchev–Trinajstić information content (AvgIpc) is 2.94. The predicted octanol–water partition coefficient (Wildman–Crippen LogP) is 1.06. The summed E-state index contributed by atoms with van der Waals surface area (Å²) in [5.41, 5.74) is 5.67. The molecular weight excluding hydrogens is 295 g/mol. The van der Waals surface area contributed by atoms with Gasteiger partial charge in [0.1, 0.15) is 16.5 Å². The minimum Gasteiger partial charge on any atom is -0.367 e. The Labute approximate surface area is 123 Å². The Hall–Kier alpha value is -2.79. The lowest BCUT2D eigenvalue weighted by Gasteiger charge is -2.05. The molecule has 21 heavy (non-hydrogen) atoms. The van der Waals surface area contributed by atoms with Crippen LogP contribution in [0.4, 0.5) is 4.39 Å². The summed E-state index contributed by atoms with van der Waals surface area (Å²) in [6, 6.07) is 5.82. The van der Waals surface area contributed by atoms with E-state index in [4.69, 9.17) is 11.0 Å². The van der Waals surface area contributed by atoms with Crippen LogP contribution in [0.3, 0.4) is 0 Å². The molecule has 0 aliphatic carbocycles. The molecule has 0 saturated carbocycles. The number of benzene rings is 1. The number of nitrogens with zero attached hydrogens (tertiary/aromatic N) is 2. The van der Waals surface area contributed by atoms with E-state index < -0.39 is 17.9 Å². The lowest BCUT2D eigenvalue weighted by molar-refractivity contribution is -0.118. The van der Waals surface area contributed by atoms with Crippen molar-refractivity contribution in [1.82, 2.24) is 10.3 Å². The number of primary amides is 1. The molecule has 0 aliphatic heterocycles. The van der Waals surface area contributed by atoms with E-state index in [9.17, 15) is 14.0 Å². The number of nitriles is 1. The monoisotopic (exact) mass is 304 g/mol. The van der Waals surface area contributed by atoms with Gasteiger partial charge in [-0.15, -0.1) is 11.3 Å². The molecular formula is C13H9FN4O2S. The largest absolute Gasteiger partial charge is 0.367 e. The Morgan fingerprint density at radius 1 is 1.38 bits per heavy atom. The number of aromatic nitrogens is 1. The number of amides is 2. The fourth-order valence-electron chi connectivity index (χ4n) is 1.48. The van der Waals surface area contributed by atoms with Crippen LogP contribution in [0.1, 0.15) is 10.5 Å². The number of nitrogens with one attached hydrogen (secondary N) is 1. The topological polar surface area (TPSA) is 109 Å². The summed E-state index contributed by atoms with van der Waals surface area (Å²) in [6.45, 7) is 0. The Morgan fingerprint density at radius 2 is 2.05 bits per heavy atom. The van der Waals surface area contributed by atoms with Gasteiger partial charge in [0.15, 0.2) is 6.04 Å². The van der Waals surface area contributed by atoms with Crippen molar-refractivity contribution in [3.8, 4) is 16.6 Å². The standard InChI is InChI=1S/C13H9FN4O2S/c14-8-3-1-7(2-4-8)13-18-10(6-21-13)12(20)17-9(5-15)11(16)19/h1-4,6,9H,(H2,16,19)(H,17,20)/t9-/m0/s1. The second-order valence-corrected chi connectivity index (χ2v) is 4.84. The second kappa shape index (κ2) is 6.11. The molecule has 0 unspecified atom stereocenters. The van der Waals surface area contributed by atoms with Crippen LogP contribution in [-0.2, 0) is 4.79 Å². The number of hydrogen-bond acceptors (Lipinski definition) is 5. The molecule has 1 heterocycles. The first kappa shape index (κ1) is 14.6. The summed E-state index contributed by atoms with van der Waals surface area (Å²) in [6.07, 6.45) is 0. The van der Waals surface area contributed by atoms with Gasteiger partial charge in [0, 0.05) is 10.9 Å². The molecule has 2 amide bonds. The summed E-state index contributed by atoms with van der Waals surface area (Å²) >= 11 is 1.19. The average molecular weight is 304 g/mol. The number of nitrogens with two attached hydrogens (primary N) is 1. The minimum atomic E-state index is -1.41. The van der Waals surface area contributed by atoms with E-state index in [1.165, 1.54) is 41.0 Å². The summed E-state index contributed by atoms with van der Waals surface area (Å²) in [7, 11) is 0. The number of carbonyl (C=O) groups is 2. The van der Waals surface area contributed by atoms with Crippen molar-refractivity contribution < 1.29 is 14.0 Å². The van der Waals surface area contributed by atoms with Gasteiger partial charge in [-0.2, -0.15) is 5.26 Å². The van der Waals surface area contributed by atoms with Gasteiger partial charge >= 0.3 is 0 Å². The van der Waals surface area contributed by atoms with Crippen LogP contribution >= 0.6 is 11.3 Å². The Morgan fingerprint density at radius 3 is 2.62 bits per heavy atom. The molecule has 106 valence electrons. The maximum Gasteiger partial charge on any atom is 0.272 e. The maximum absolute atomic E-state index is 12.8. The molecule has 3 N–H and O–H groups in total. The highest BCUT2D eigenvalue weighted by Crippen LogP contribution is 2.23. The molecule has 1 aromatic heterocycles. The third-order valence-corrected chi connectivity index (χ3v) is 3.41. The van der Waals surface area contributed by atoms with E-state index in [0.29, 0.717) is 10.6 Å². The first-order chi connectivity index (χ1) is 10.0. The minimum absolute atomic E-state index is 0.0563. The van der Waals surface area contributed by atoms with Gasteiger partial charge in [-0.3, -0.25) is 9.59 Å². The summed E-state index contributed by atoms with van der Waals surface area (Å²) in [5.74, 6) is -1.99. The quantitative estimate of drug-likeness (QED) is 0.880. The van der Waals surface area contributed by atoms with Crippen LogP contribution in [-0.4, -0.2) is 22.8 Å². The first-order valence-electron chi connectivity index (χ1n) is 5.72. The van der Waals surface area contributed by atoms with Crippen LogP contribution in [0.5, 0.6) is 0 Å². The van der Waals surface area contributed by atoms with Crippen LogP contribution < -0.4 is 11.1 Å². The maximum atomic E-state index is 12.8. The van der Waals surface area contributed by atoms with Gasteiger partial charge in [-0.05, 0) is 24.3 Å². The van der Waals surface area contributed by atoms with Crippen molar-refractivity contribution in [3.63, 3.8) is 0 Å². The molecule has 8 heteroatoms. The molecule has 0 radical (unpaired) electrons. The number of hydrogen-bond donors (Lipinski definition) is 2. The molecule has 0 aliphatic rings. The molecule has 0 saturated heterocycles. The molecule has 1 atom stereocenters. The van der Waals surface area contributed by atoms with Crippen molar-refractivity contribution in [1.29, 1.82) is 5.26 Å². The molecule has 0 fully saturated rings. The van der Waals surface area contributed by atoms with Crippen molar-refractivity contribution in [2.24, 2.45) is 5.73 Å². The van der Waals surface area contributed by atoms with Crippen LogP contribution in [0.2, 0.25) is 0 Å². The molecule has 6 nitrogen and oxygen atoms in total. The van der Waals surface area contributed by atoms with E-state index in [2.05, 4.69) is 10.3 Å². The Bertz CT molecular complexity index is 721. The number of thiazole rings is 1. The first-order valence-corrected chi connectivity index (χ1v) is 6.60. The number of rotatable bonds is 4. The lowest BCUT2D eigenvalue weighted by atomic mass is 10.2. The molecule has 0 spiro atoms. The van der Waals surface area contributed by atoms with Gasteiger partial charge < -0.3 is 11.1 Å². The zero-order valence-electron chi connectivity index (χ0n) is 10.5. The zero-order valence-corrected chi connectivity index (χ0v) is 11.4. The van der Waals surface area contributed by atoms with E-state index in [1.54, 1.807) is 6.07 Å². The zero-order chi connectivity index (χ0) is 15.4. The molecule has 2 rings (SSSR count). The van der Waals surface area contributed by atoms with E-state index in [1.807, 2.05) is 0 Å². The van der Waals surface area contributed by atoms with Gasteiger partial charge in [0.05, 0.1) is 6.07 Å². The van der Waals surface area contributed by atoms with Crippen molar-refractivity contribution >= 4 is 23.2 Å². The summed E-state index contributed by atoms with van der Waals surface area (Å²) in [5, 5.41) is 12.8. The highest BCUT2D eigenvalue weighted by molar-refractivity contribution is 7.13. The Kier molecular flexibility index (Phi) is 4.25. The smallest absolute Gasteiger partial charge is 0.272 e. The molecule has 0 bridgehead atoms. The highest BCUT2D eigenvalue weighted by Gasteiger charge is 2.20. The number of halogens is 1. The van der Waals surface area contributed by atoms with E-state index >= 15 is 0 Å². The van der Waals surface area contributed by atoms with Crippen molar-refractivity contribution in [2.75, 3.05) is 0 Å². The third-order valence-electron chi connectivity index (χ3n) is 2.52. The van der Waals surface area contributed by atoms with Crippen molar-refractivity contribution in [3.05, 3.63) is 41.2 Å². The van der Waals surface area contributed by atoms with E-state index in [-0.39, 0.29) is 11.5 Å². The normalized spacial score (nSPS) is 11.4. The fraction of sp³-hybridized carbons (Fsp3) is 0.0769. The van der Waals surface area contributed by atoms with Gasteiger partial charge in [-0.1, -0.05) is 0 Å². The highest BCUT2D eigenvalue weighted by atomic mass is 32.1. The lowest BCUT2D eigenvalue weighted by Crippen LogP contribution is -2.43. The fourth-order valence-corrected chi connectivity index (χ4v) is 2.28. The van der Waals surface area contributed by atoms with Crippen LogP contribution in [0, 0.1) is 17.1 Å². The SMILES string of the molecule is N#C[C@H](NC(=O)c1csc(-c2ccc(F)cc2)n1)C(N)=O. The van der Waals surface area contributed by atoms with Crippen LogP contribution in [0.25, 0.3) is 10.6 Å². The number of carbonyl (C=O) groups excluding carboxylic acids is 2. The predicted molar refractivity (Wildman–Crippen MR) is 73.6 cm³/mol. The molecule has 1 aromatic carbocycles. The van der Waals surface area contributed by atoms with Gasteiger partial charge in [-0.25, -0.2) is 9.37 Å². The third kappa shape index (κ3) is 3.40. The van der Waals surface area contributed by atoms with Crippen LogP contribution in [0.15, 0.2) is 29.6 Å². The van der Waals surface area contributed by atoms with E-state index in [0.717, 1.165) is 0 Å². The van der Waals surface area contributed by atoms with Gasteiger partial charge in [0.2, 0.25) is 0 Å². The van der Waals surface area contributed by atoms with Gasteiger partial charge in [0.25, 0.3) is 11.8 Å². The van der Waals surface area contributed by atoms with Crippen molar-refractivity contribution in [2.45, 2.75) is 6.04 Å². The summed E-state index contributed by atoms with van der Waals surface area (Å²) in [4.78, 5) is 26.8. The molecule has 2 aromatic rings. The second-order valence-electron chi connectivity index (χ2n) is 3.98. The summed E-state index contributed by atoms with van der Waals surface area (Å²) < 4.78 is 12.8.